The van der Waals surface area contributed by atoms with Gasteiger partial charge in [-0.1, -0.05) is 6.58 Å². The van der Waals surface area contributed by atoms with E-state index in [1.54, 1.807) is 0 Å². The van der Waals surface area contributed by atoms with Crippen LogP contribution in [0.5, 0.6) is 0 Å². The molecule has 0 aliphatic heterocycles. The van der Waals surface area contributed by atoms with E-state index in [9.17, 15) is 13.2 Å². The van der Waals surface area contributed by atoms with Gasteiger partial charge in [-0.05, 0) is 20.8 Å². The molecule has 0 aliphatic rings. The third-order valence-electron chi connectivity index (χ3n) is 2.18. The van der Waals surface area contributed by atoms with Crippen molar-refractivity contribution in [2.24, 2.45) is 0 Å². The van der Waals surface area contributed by atoms with Gasteiger partial charge in [0.1, 0.15) is 0 Å². The van der Waals surface area contributed by atoms with E-state index in [1.165, 1.54) is 20.8 Å². The molecule has 3 N–H and O–H groups in total. The van der Waals surface area contributed by atoms with Gasteiger partial charge in [-0.2, -0.15) is 8.42 Å². The average molecular weight is 267 g/mol. The van der Waals surface area contributed by atoms with Crippen molar-refractivity contribution in [2.45, 2.75) is 31.9 Å². The Bertz CT molecular complexity index is 372. The van der Waals surface area contributed by atoms with Crippen LogP contribution in [0.25, 0.3) is 0 Å². The zero-order valence-corrected chi connectivity index (χ0v) is 11.6. The van der Waals surface area contributed by atoms with Gasteiger partial charge in [0.25, 0.3) is 10.1 Å². The van der Waals surface area contributed by atoms with Gasteiger partial charge in [-0.25, -0.2) is 4.79 Å². The summed E-state index contributed by atoms with van der Waals surface area (Å²) in [6.45, 7) is 7.99. The van der Waals surface area contributed by atoms with Crippen LogP contribution in [0.1, 0.15) is 27.2 Å². The first-order valence-electron chi connectivity index (χ1n) is 4.77. The van der Waals surface area contributed by atoms with Gasteiger partial charge in [-0.3, -0.25) is 4.18 Å². The molecule has 0 spiro atoms. The van der Waals surface area contributed by atoms with E-state index in [-0.39, 0.29) is 24.8 Å². The molecule has 0 aromatic rings. The highest BCUT2D eigenvalue weighted by Gasteiger charge is 2.34. The van der Waals surface area contributed by atoms with E-state index in [0.29, 0.717) is 0 Å². The van der Waals surface area contributed by atoms with Gasteiger partial charge in [0.05, 0.1) is 18.5 Å². The summed E-state index contributed by atoms with van der Waals surface area (Å²) in [4.78, 5) is 11.0. The third-order valence-corrected chi connectivity index (χ3v) is 4.18. The van der Waals surface area contributed by atoms with Crippen LogP contribution in [0.4, 0.5) is 0 Å². The molecule has 0 amide bonds. The normalized spacial score (nSPS) is 11.5. The maximum atomic E-state index is 11.5. The Labute approximate surface area is 103 Å². The molecular weight excluding hydrogens is 246 g/mol. The van der Waals surface area contributed by atoms with Gasteiger partial charge in [-0.15, -0.1) is 0 Å². The molecule has 0 bridgehead atoms. The number of rotatable bonds is 6. The van der Waals surface area contributed by atoms with Crippen LogP contribution in [-0.4, -0.2) is 32.9 Å². The highest BCUT2D eigenvalue weighted by Crippen LogP contribution is 2.21. The number of ether oxygens (including phenoxy) is 1. The Morgan fingerprint density at radius 3 is 2.18 bits per heavy atom. The molecule has 0 aromatic carbocycles. The van der Waals surface area contributed by atoms with E-state index >= 15 is 0 Å². The Morgan fingerprint density at radius 2 is 1.82 bits per heavy atom. The van der Waals surface area contributed by atoms with Gasteiger partial charge in [0, 0.05) is 12.0 Å². The van der Waals surface area contributed by atoms with Crippen molar-refractivity contribution < 1.29 is 22.1 Å². The molecule has 0 radical (unpaired) electrons. The number of carbonyl (C=O) groups excluding carboxylic acids is 1. The molecule has 0 aromatic heterocycles. The monoisotopic (exact) mass is 267 g/mol. The molecule has 0 aliphatic carbocycles. The summed E-state index contributed by atoms with van der Waals surface area (Å²) in [5, 5.41) is 0. The Hall–Kier alpha value is -0.920. The molecule has 0 heterocycles. The van der Waals surface area contributed by atoms with Gasteiger partial charge in [0.2, 0.25) is 0 Å². The zero-order valence-electron chi connectivity index (χ0n) is 10.8. The summed E-state index contributed by atoms with van der Waals surface area (Å²) in [6.07, 6.45) is 0.169. The van der Waals surface area contributed by atoms with Crippen molar-refractivity contribution in [3.63, 3.8) is 0 Å². The van der Waals surface area contributed by atoms with Gasteiger partial charge >= 0.3 is 5.97 Å². The van der Waals surface area contributed by atoms with Crippen LogP contribution in [0.15, 0.2) is 12.2 Å². The second-order valence-corrected chi connectivity index (χ2v) is 6.39. The van der Waals surface area contributed by atoms with Crippen LogP contribution in [0.3, 0.4) is 0 Å². The first-order chi connectivity index (χ1) is 7.14. The Kier molecular flexibility index (Phi) is 7.30. The lowest BCUT2D eigenvalue weighted by atomic mass is 10.1. The van der Waals surface area contributed by atoms with Crippen molar-refractivity contribution in [2.75, 3.05) is 13.7 Å². The zero-order chi connectivity index (χ0) is 13.0. The summed E-state index contributed by atoms with van der Waals surface area (Å²) in [7, 11) is -2.52. The molecule has 0 atom stereocenters. The molecular formula is C10H21NO5S. The lowest BCUT2D eigenvalue weighted by Gasteiger charge is -2.22. The minimum Gasteiger partial charge on any atom is -0.462 e. The number of hydrogen-bond donors (Lipinski definition) is 1. The Morgan fingerprint density at radius 1 is 1.35 bits per heavy atom. The predicted molar refractivity (Wildman–Crippen MR) is 65.4 cm³/mol. The topological polar surface area (TPSA) is 105 Å². The Balaban J connectivity index is 0. The quantitative estimate of drug-likeness (QED) is 0.443. The number of hydrogen-bond acceptors (Lipinski definition) is 6. The molecule has 0 saturated carbocycles. The maximum absolute atomic E-state index is 11.5. The largest absolute Gasteiger partial charge is 0.462 e. The minimum atomic E-state index is -3.63. The van der Waals surface area contributed by atoms with Crippen LogP contribution in [0, 0.1) is 0 Å². The second kappa shape index (κ2) is 6.73. The lowest BCUT2D eigenvalue weighted by molar-refractivity contribution is -0.139. The van der Waals surface area contributed by atoms with Crippen molar-refractivity contribution in [1.82, 2.24) is 6.15 Å². The molecule has 0 rings (SSSR count). The fourth-order valence-corrected chi connectivity index (χ4v) is 1.65. The van der Waals surface area contributed by atoms with Crippen LogP contribution >= 0.6 is 0 Å². The summed E-state index contributed by atoms with van der Waals surface area (Å²) in [6, 6.07) is 0. The van der Waals surface area contributed by atoms with Gasteiger partial charge in [0.15, 0.2) is 0 Å². The number of carbonyl (C=O) groups is 1. The average Bonchev–Trinajstić information content (AvgIpc) is 2.16. The SMILES string of the molecule is C=C(C)C(=O)OCCC(C)(C)S(=O)(=O)OC.N. The van der Waals surface area contributed by atoms with Crippen LogP contribution in [0.2, 0.25) is 0 Å². The minimum absolute atomic E-state index is 0. The maximum Gasteiger partial charge on any atom is 0.333 e. The fraction of sp³-hybridized carbons (Fsp3) is 0.700. The highest BCUT2D eigenvalue weighted by atomic mass is 32.2. The van der Waals surface area contributed by atoms with Crippen LogP contribution < -0.4 is 6.15 Å². The van der Waals surface area contributed by atoms with Crippen molar-refractivity contribution in [3.05, 3.63) is 12.2 Å². The van der Waals surface area contributed by atoms with E-state index in [4.69, 9.17) is 4.74 Å². The predicted octanol–water partition coefficient (Wildman–Crippen LogP) is 1.41. The molecule has 6 nitrogen and oxygen atoms in total. The number of esters is 1. The summed E-state index contributed by atoms with van der Waals surface area (Å²) in [5.74, 6) is -0.523. The first kappa shape index (κ1) is 18.4. The summed E-state index contributed by atoms with van der Waals surface area (Å²) < 4.78 is 31.1. The van der Waals surface area contributed by atoms with E-state index < -0.39 is 20.8 Å². The first-order valence-corrected chi connectivity index (χ1v) is 6.17. The molecule has 0 unspecified atom stereocenters. The summed E-state index contributed by atoms with van der Waals surface area (Å²) in [5.41, 5.74) is 0.285. The fourth-order valence-electron chi connectivity index (χ4n) is 0.863. The molecule has 102 valence electrons. The molecule has 0 fully saturated rings. The third kappa shape index (κ3) is 5.29. The van der Waals surface area contributed by atoms with Gasteiger partial charge < -0.3 is 10.9 Å². The van der Waals surface area contributed by atoms with Crippen LogP contribution in [-0.2, 0) is 23.8 Å². The van der Waals surface area contributed by atoms with Crippen molar-refractivity contribution in [3.8, 4) is 0 Å². The van der Waals surface area contributed by atoms with Crippen molar-refractivity contribution >= 4 is 16.1 Å². The second-order valence-electron chi connectivity index (χ2n) is 4.05. The smallest absolute Gasteiger partial charge is 0.333 e. The van der Waals surface area contributed by atoms with E-state index in [2.05, 4.69) is 10.8 Å². The van der Waals surface area contributed by atoms with Crippen molar-refractivity contribution in [1.29, 1.82) is 0 Å². The molecule has 17 heavy (non-hydrogen) atoms. The highest BCUT2D eigenvalue weighted by molar-refractivity contribution is 7.88. The molecule has 7 heteroatoms. The molecule has 0 saturated heterocycles. The standard InChI is InChI=1S/C10H18O5S.H3N/c1-8(2)9(11)15-7-6-10(3,4)16(12,13)14-5;/h1,6-7H2,2-5H3;1H3. The lowest BCUT2D eigenvalue weighted by Crippen LogP contribution is -2.34. The van der Waals surface area contributed by atoms with E-state index in [1.807, 2.05) is 0 Å². The van der Waals surface area contributed by atoms with E-state index in [0.717, 1.165) is 7.11 Å². The summed E-state index contributed by atoms with van der Waals surface area (Å²) >= 11 is 0.